The normalized spacial score (nSPS) is 22.8. The molecule has 0 amide bonds. The largest absolute Gasteiger partial charge is 0.375 e. The van der Waals surface area contributed by atoms with Crippen LogP contribution in [0.15, 0.2) is 0 Å². The highest BCUT2D eigenvalue weighted by Crippen LogP contribution is 2.22. The summed E-state index contributed by atoms with van der Waals surface area (Å²) in [5, 5.41) is 0. The molecule has 1 aliphatic rings. The van der Waals surface area contributed by atoms with Gasteiger partial charge in [0.1, 0.15) is 6.10 Å². The Morgan fingerprint density at radius 2 is 1.94 bits per heavy atom. The lowest BCUT2D eigenvalue weighted by Crippen LogP contribution is -2.32. The molecule has 1 aliphatic heterocycles. The van der Waals surface area contributed by atoms with E-state index in [1.807, 2.05) is 0 Å². The van der Waals surface area contributed by atoms with Gasteiger partial charge in [0, 0.05) is 6.42 Å². The average molecular weight is 258 g/mol. The van der Waals surface area contributed by atoms with Crippen LogP contribution in [0.25, 0.3) is 0 Å². The quantitative estimate of drug-likeness (QED) is 0.561. The fourth-order valence-electron chi connectivity index (χ4n) is 2.24. The van der Waals surface area contributed by atoms with Gasteiger partial charge in [-0.3, -0.25) is 0 Å². The smallest absolute Gasteiger partial charge is 0.104 e. The number of hydrogen-bond acceptors (Lipinski definition) is 3. The van der Waals surface area contributed by atoms with E-state index >= 15 is 0 Å². The Labute approximate surface area is 112 Å². The summed E-state index contributed by atoms with van der Waals surface area (Å²) in [5.41, 5.74) is -0.129. The van der Waals surface area contributed by atoms with Crippen LogP contribution in [0.3, 0.4) is 0 Å². The Kier molecular flexibility index (Phi) is 6.61. The lowest BCUT2D eigenvalue weighted by Gasteiger charge is -2.29. The molecular weight excluding hydrogens is 228 g/mol. The van der Waals surface area contributed by atoms with Crippen molar-refractivity contribution in [3.05, 3.63) is 0 Å². The first-order valence-electron chi connectivity index (χ1n) is 7.34. The Morgan fingerprint density at radius 1 is 1.28 bits per heavy atom. The monoisotopic (exact) mass is 258 g/mol. The lowest BCUT2D eigenvalue weighted by atomic mass is 10.0. The zero-order valence-corrected chi connectivity index (χ0v) is 12.7. The topological polar surface area (TPSA) is 31.0 Å². The molecular formula is C15H30O3. The van der Waals surface area contributed by atoms with Crippen LogP contribution in [0.1, 0.15) is 60.3 Å². The third-order valence-corrected chi connectivity index (χ3v) is 3.27. The van der Waals surface area contributed by atoms with Crippen LogP contribution >= 0.6 is 0 Å². The van der Waals surface area contributed by atoms with Crippen LogP contribution in [-0.2, 0) is 14.2 Å². The minimum atomic E-state index is -0.129. The van der Waals surface area contributed by atoms with Gasteiger partial charge in [-0.25, -0.2) is 0 Å². The Bertz CT molecular complexity index is 224. The van der Waals surface area contributed by atoms with Crippen molar-refractivity contribution in [3.63, 3.8) is 0 Å². The van der Waals surface area contributed by atoms with Gasteiger partial charge in [0.2, 0.25) is 0 Å². The standard InChI is InChI=1S/C15H30O3/c1-6-7-8-12(2)18-13(3)9-15(4,5)17-11-14-10-16-14/h12-14H,6-11H2,1-5H3. The lowest BCUT2D eigenvalue weighted by molar-refractivity contribution is -0.0802. The van der Waals surface area contributed by atoms with Crippen LogP contribution in [0.5, 0.6) is 0 Å². The molecule has 0 N–H and O–H groups in total. The molecule has 18 heavy (non-hydrogen) atoms. The van der Waals surface area contributed by atoms with E-state index in [4.69, 9.17) is 14.2 Å². The third-order valence-electron chi connectivity index (χ3n) is 3.27. The van der Waals surface area contributed by atoms with Crippen LogP contribution in [-0.4, -0.2) is 37.1 Å². The number of rotatable bonds is 10. The van der Waals surface area contributed by atoms with E-state index in [2.05, 4.69) is 34.6 Å². The van der Waals surface area contributed by atoms with Gasteiger partial charge < -0.3 is 14.2 Å². The van der Waals surface area contributed by atoms with Crippen molar-refractivity contribution in [2.24, 2.45) is 0 Å². The number of unbranched alkanes of at least 4 members (excludes halogenated alkanes) is 1. The maximum Gasteiger partial charge on any atom is 0.104 e. The van der Waals surface area contributed by atoms with E-state index in [9.17, 15) is 0 Å². The summed E-state index contributed by atoms with van der Waals surface area (Å²) in [4.78, 5) is 0. The molecule has 1 fully saturated rings. The first kappa shape index (κ1) is 15.9. The van der Waals surface area contributed by atoms with Gasteiger partial charge >= 0.3 is 0 Å². The second-order valence-corrected chi connectivity index (χ2v) is 6.13. The van der Waals surface area contributed by atoms with Crippen LogP contribution in [0.2, 0.25) is 0 Å². The second-order valence-electron chi connectivity index (χ2n) is 6.13. The summed E-state index contributed by atoms with van der Waals surface area (Å²) in [6, 6.07) is 0. The van der Waals surface area contributed by atoms with Crippen LogP contribution in [0.4, 0.5) is 0 Å². The molecule has 0 bridgehead atoms. The Balaban J connectivity index is 2.17. The van der Waals surface area contributed by atoms with Crippen molar-refractivity contribution >= 4 is 0 Å². The molecule has 0 radical (unpaired) electrons. The minimum absolute atomic E-state index is 0.129. The van der Waals surface area contributed by atoms with Crippen molar-refractivity contribution < 1.29 is 14.2 Å². The molecule has 0 aromatic heterocycles. The average Bonchev–Trinajstić information content (AvgIpc) is 3.06. The summed E-state index contributed by atoms with van der Waals surface area (Å²) in [5.74, 6) is 0. The van der Waals surface area contributed by atoms with Gasteiger partial charge in [0.25, 0.3) is 0 Å². The third kappa shape index (κ3) is 7.34. The molecule has 3 unspecified atom stereocenters. The Hall–Kier alpha value is -0.120. The molecule has 0 aliphatic carbocycles. The number of ether oxygens (including phenoxy) is 3. The maximum atomic E-state index is 6.00. The second kappa shape index (κ2) is 7.46. The van der Waals surface area contributed by atoms with Crippen molar-refractivity contribution in [1.29, 1.82) is 0 Å². The van der Waals surface area contributed by atoms with Gasteiger partial charge in [-0.15, -0.1) is 0 Å². The molecule has 0 aromatic rings. The molecule has 3 atom stereocenters. The fourth-order valence-corrected chi connectivity index (χ4v) is 2.24. The summed E-state index contributed by atoms with van der Waals surface area (Å²) >= 11 is 0. The molecule has 0 saturated carbocycles. The highest BCUT2D eigenvalue weighted by molar-refractivity contribution is 4.76. The van der Waals surface area contributed by atoms with Gasteiger partial charge in [-0.1, -0.05) is 19.8 Å². The zero-order chi connectivity index (χ0) is 13.6. The van der Waals surface area contributed by atoms with E-state index in [1.165, 1.54) is 12.8 Å². The molecule has 1 rings (SSSR count). The van der Waals surface area contributed by atoms with Crippen molar-refractivity contribution in [3.8, 4) is 0 Å². The van der Waals surface area contributed by atoms with Crippen molar-refractivity contribution in [1.82, 2.24) is 0 Å². The first-order valence-corrected chi connectivity index (χ1v) is 7.34. The van der Waals surface area contributed by atoms with Gasteiger partial charge in [-0.2, -0.15) is 0 Å². The van der Waals surface area contributed by atoms with E-state index in [-0.39, 0.29) is 11.7 Å². The van der Waals surface area contributed by atoms with E-state index in [0.29, 0.717) is 18.8 Å². The zero-order valence-electron chi connectivity index (χ0n) is 12.7. The van der Waals surface area contributed by atoms with Crippen molar-refractivity contribution in [2.45, 2.75) is 84.2 Å². The fraction of sp³-hybridized carbons (Fsp3) is 1.00. The number of epoxide rings is 1. The SMILES string of the molecule is CCCCC(C)OC(C)CC(C)(C)OCC1CO1. The first-order chi connectivity index (χ1) is 8.43. The molecule has 3 heteroatoms. The predicted octanol–water partition coefficient (Wildman–Crippen LogP) is 3.55. The summed E-state index contributed by atoms with van der Waals surface area (Å²) in [6.07, 6.45) is 5.48. The number of hydrogen-bond donors (Lipinski definition) is 0. The molecule has 0 aromatic carbocycles. The van der Waals surface area contributed by atoms with E-state index in [0.717, 1.165) is 19.4 Å². The molecule has 108 valence electrons. The molecule has 0 spiro atoms. The maximum absolute atomic E-state index is 6.00. The van der Waals surface area contributed by atoms with Gasteiger partial charge in [-0.05, 0) is 34.1 Å². The predicted molar refractivity (Wildman–Crippen MR) is 73.9 cm³/mol. The summed E-state index contributed by atoms with van der Waals surface area (Å²) < 4.78 is 17.0. The Morgan fingerprint density at radius 3 is 2.50 bits per heavy atom. The highest BCUT2D eigenvalue weighted by atomic mass is 16.6. The summed E-state index contributed by atoms with van der Waals surface area (Å²) in [6.45, 7) is 12.4. The molecule has 1 saturated heterocycles. The molecule has 1 heterocycles. The van der Waals surface area contributed by atoms with E-state index in [1.54, 1.807) is 0 Å². The highest BCUT2D eigenvalue weighted by Gasteiger charge is 2.29. The van der Waals surface area contributed by atoms with Crippen molar-refractivity contribution in [2.75, 3.05) is 13.2 Å². The molecule has 3 nitrogen and oxygen atoms in total. The minimum Gasteiger partial charge on any atom is -0.375 e. The summed E-state index contributed by atoms with van der Waals surface area (Å²) in [7, 11) is 0. The van der Waals surface area contributed by atoms with Crippen LogP contribution < -0.4 is 0 Å². The van der Waals surface area contributed by atoms with E-state index < -0.39 is 0 Å². The van der Waals surface area contributed by atoms with Gasteiger partial charge in [0.15, 0.2) is 0 Å². The van der Waals surface area contributed by atoms with Crippen LogP contribution in [0, 0.1) is 0 Å². The van der Waals surface area contributed by atoms with Gasteiger partial charge in [0.05, 0.1) is 31.0 Å².